The highest BCUT2D eigenvalue weighted by Gasteiger charge is 2.28. The topological polar surface area (TPSA) is 69.7 Å². The van der Waals surface area contributed by atoms with Crippen LogP contribution in [0.2, 0.25) is 5.02 Å². The van der Waals surface area contributed by atoms with Crippen molar-refractivity contribution in [1.29, 1.82) is 0 Å². The zero-order valence-corrected chi connectivity index (χ0v) is 17.2. The van der Waals surface area contributed by atoms with Crippen LogP contribution in [0.5, 0.6) is 0 Å². The highest BCUT2D eigenvalue weighted by atomic mass is 35.5. The summed E-state index contributed by atoms with van der Waals surface area (Å²) in [4.78, 5) is 14.9. The van der Waals surface area contributed by atoms with E-state index in [2.05, 4.69) is 10.2 Å². The van der Waals surface area contributed by atoms with Crippen molar-refractivity contribution in [2.24, 2.45) is 0 Å². The van der Waals surface area contributed by atoms with Gasteiger partial charge in [-0.3, -0.25) is 4.79 Å². The summed E-state index contributed by atoms with van der Waals surface area (Å²) in [5, 5.41) is 3.04. The van der Waals surface area contributed by atoms with Crippen LogP contribution < -0.4 is 5.32 Å². The van der Waals surface area contributed by atoms with Gasteiger partial charge < -0.3 is 10.2 Å². The lowest BCUT2D eigenvalue weighted by Gasteiger charge is -2.26. The minimum absolute atomic E-state index is 0.0239. The van der Waals surface area contributed by atoms with E-state index in [1.165, 1.54) is 29.3 Å². The molecule has 2 aliphatic rings. The summed E-state index contributed by atoms with van der Waals surface area (Å²) >= 11 is 6.16. The lowest BCUT2D eigenvalue weighted by Crippen LogP contribution is -2.36. The number of likely N-dealkylation sites (tertiary alicyclic amines) is 1. The molecule has 2 saturated heterocycles. The Balaban J connectivity index is 1.62. The molecule has 0 radical (unpaired) electrons. The highest BCUT2D eigenvalue weighted by molar-refractivity contribution is 7.89. The lowest BCUT2D eigenvalue weighted by atomic mass is 10.2. The largest absolute Gasteiger partial charge is 0.352 e. The van der Waals surface area contributed by atoms with Gasteiger partial charge in [0.25, 0.3) is 5.91 Å². The molecule has 150 valence electrons. The second-order valence-electron chi connectivity index (χ2n) is 7.27. The van der Waals surface area contributed by atoms with Crippen LogP contribution in [0.1, 0.15) is 48.9 Å². The summed E-state index contributed by atoms with van der Waals surface area (Å²) in [6.45, 7) is 4.85. The van der Waals surface area contributed by atoms with Gasteiger partial charge in [0.15, 0.2) is 0 Å². The number of benzene rings is 1. The molecular weight excluding hydrogens is 386 g/mol. The van der Waals surface area contributed by atoms with Crippen LogP contribution >= 0.6 is 11.6 Å². The van der Waals surface area contributed by atoms with E-state index in [-0.39, 0.29) is 15.8 Å². The maximum absolute atomic E-state index is 12.9. The van der Waals surface area contributed by atoms with E-state index in [0.29, 0.717) is 25.2 Å². The average molecular weight is 414 g/mol. The molecule has 6 nitrogen and oxygen atoms in total. The number of amides is 1. The van der Waals surface area contributed by atoms with Gasteiger partial charge in [-0.05, 0) is 69.9 Å². The first-order chi connectivity index (χ1) is 13.0. The predicted molar refractivity (Wildman–Crippen MR) is 107 cm³/mol. The number of hydrogen-bond acceptors (Lipinski definition) is 4. The summed E-state index contributed by atoms with van der Waals surface area (Å²) in [6.07, 6.45) is 6.15. The molecule has 2 fully saturated rings. The number of nitrogens with zero attached hydrogens (tertiary/aromatic N) is 2. The quantitative estimate of drug-likeness (QED) is 0.698. The summed E-state index contributed by atoms with van der Waals surface area (Å²) < 4.78 is 27.3. The van der Waals surface area contributed by atoms with Gasteiger partial charge in [0.2, 0.25) is 10.0 Å². The fourth-order valence-electron chi connectivity index (χ4n) is 3.70. The fourth-order valence-corrected chi connectivity index (χ4v) is 5.72. The fraction of sp³-hybridized carbons (Fsp3) is 0.632. The molecule has 27 heavy (non-hydrogen) atoms. The van der Waals surface area contributed by atoms with Crippen LogP contribution in [0.15, 0.2) is 23.1 Å². The highest BCUT2D eigenvalue weighted by Crippen LogP contribution is 2.27. The third-order valence-corrected chi connectivity index (χ3v) is 7.64. The Hall–Kier alpha value is -1.15. The third-order valence-electron chi connectivity index (χ3n) is 5.26. The molecule has 2 heterocycles. The monoisotopic (exact) mass is 413 g/mol. The average Bonchev–Trinajstić information content (AvgIpc) is 3.19. The molecular formula is C19H28ClN3O3S. The van der Waals surface area contributed by atoms with E-state index in [1.807, 2.05) is 0 Å². The molecule has 0 aromatic heterocycles. The minimum Gasteiger partial charge on any atom is -0.352 e. The minimum atomic E-state index is -3.67. The number of carbonyl (C=O) groups is 1. The molecule has 0 unspecified atom stereocenters. The number of nitrogens with one attached hydrogen (secondary N) is 1. The van der Waals surface area contributed by atoms with Gasteiger partial charge >= 0.3 is 0 Å². The Kier molecular flexibility index (Phi) is 7.14. The molecule has 2 aliphatic heterocycles. The van der Waals surface area contributed by atoms with Crippen molar-refractivity contribution in [3.63, 3.8) is 0 Å². The van der Waals surface area contributed by atoms with E-state index in [1.54, 1.807) is 6.07 Å². The van der Waals surface area contributed by atoms with Gasteiger partial charge in [0.05, 0.1) is 5.02 Å². The van der Waals surface area contributed by atoms with Gasteiger partial charge in [-0.1, -0.05) is 18.0 Å². The summed E-state index contributed by atoms with van der Waals surface area (Å²) in [7, 11) is -3.67. The van der Waals surface area contributed by atoms with Crippen LogP contribution in [0.3, 0.4) is 0 Å². The Labute approximate surface area is 166 Å². The molecule has 1 aromatic rings. The molecule has 0 saturated carbocycles. The van der Waals surface area contributed by atoms with Crippen LogP contribution in [0.4, 0.5) is 0 Å². The third kappa shape index (κ3) is 5.22. The predicted octanol–water partition coefficient (Wildman–Crippen LogP) is 2.73. The van der Waals surface area contributed by atoms with Gasteiger partial charge in [-0.25, -0.2) is 8.42 Å². The van der Waals surface area contributed by atoms with E-state index >= 15 is 0 Å². The maximum Gasteiger partial charge on any atom is 0.251 e. The van der Waals surface area contributed by atoms with E-state index in [9.17, 15) is 13.2 Å². The second-order valence-corrected chi connectivity index (χ2v) is 9.58. The number of halogens is 1. The van der Waals surface area contributed by atoms with Gasteiger partial charge in [-0.15, -0.1) is 0 Å². The van der Waals surface area contributed by atoms with Gasteiger partial charge in [0.1, 0.15) is 4.90 Å². The molecule has 0 spiro atoms. The number of piperidine rings is 1. The molecule has 0 atom stereocenters. The van der Waals surface area contributed by atoms with E-state index < -0.39 is 10.0 Å². The van der Waals surface area contributed by atoms with Crippen molar-refractivity contribution < 1.29 is 13.2 Å². The SMILES string of the molecule is O=C(NCCCN1CCCC1)c1ccc(Cl)c(S(=O)(=O)N2CCCCC2)c1. The molecule has 8 heteroatoms. The molecule has 1 amide bonds. The lowest BCUT2D eigenvalue weighted by molar-refractivity contribution is 0.0952. The molecule has 0 bridgehead atoms. The van der Waals surface area contributed by atoms with E-state index in [4.69, 9.17) is 11.6 Å². The van der Waals surface area contributed by atoms with Crippen LogP contribution in [-0.4, -0.2) is 62.8 Å². The smallest absolute Gasteiger partial charge is 0.251 e. The first-order valence-corrected chi connectivity index (χ1v) is 11.6. The summed E-state index contributed by atoms with van der Waals surface area (Å²) in [5.74, 6) is -0.261. The molecule has 1 N–H and O–H groups in total. The standard InChI is InChI=1S/C19H28ClN3O3S/c20-17-8-7-16(19(24)21-9-6-12-22-10-4-5-11-22)15-18(17)27(25,26)23-13-2-1-3-14-23/h7-8,15H,1-6,9-14H2,(H,21,24). The van der Waals surface area contributed by atoms with Crippen molar-refractivity contribution in [2.45, 2.75) is 43.4 Å². The van der Waals surface area contributed by atoms with Crippen LogP contribution in [0.25, 0.3) is 0 Å². The van der Waals surface area contributed by atoms with Crippen LogP contribution in [-0.2, 0) is 10.0 Å². The van der Waals surface area contributed by atoms with Gasteiger partial charge in [0, 0.05) is 25.2 Å². The Morgan fingerprint density at radius 3 is 2.41 bits per heavy atom. The van der Waals surface area contributed by atoms with Gasteiger partial charge in [-0.2, -0.15) is 4.31 Å². The summed E-state index contributed by atoms with van der Waals surface area (Å²) in [6, 6.07) is 4.48. The summed E-state index contributed by atoms with van der Waals surface area (Å²) in [5.41, 5.74) is 0.330. The van der Waals surface area contributed by atoms with Crippen molar-refractivity contribution in [2.75, 3.05) is 39.3 Å². The van der Waals surface area contributed by atoms with Crippen molar-refractivity contribution in [1.82, 2.24) is 14.5 Å². The normalized spacial score (nSPS) is 19.3. The van der Waals surface area contributed by atoms with Crippen LogP contribution in [0, 0.1) is 0 Å². The van der Waals surface area contributed by atoms with E-state index in [0.717, 1.165) is 45.3 Å². The Bertz CT molecular complexity index is 757. The molecule has 3 rings (SSSR count). The molecule has 1 aromatic carbocycles. The zero-order valence-electron chi connectivity index (χ0n) is 15.6. The number of rotatable bonds is 7. The number of sulfonamides is 1. The molecule has 0 aliphatic carbocycles. The number of hydrogen-bond donors (Lipinski definition) is 1. The Morgan fingerprint density at radius 2 is 1.70 bits per heavy atom. The number of carbonyl (C=O) groups excluding carboxylic acids is 1. The first kappa shape index (κ1) is 20.6. The zero-order chi connectivity index (χ0) is 19.3. The second kappa shape index (κ2) is 9.37. The first-order valence-electron chi connectivity index (χ1n) is 9.79. The van der Waals surface area contributed by atoms with Crippen molar-refractivity contribution in [3.05, 3.63) is 28.8 Å². The van der Waals surface area contributed by atoms with Crippen molar-refractivity contribution >= 4 is 27.5 Å². The Morgan fingerprint density at radius 1 is 1.04 bits per heavy atom. The van der Waals surface area contributed by atoms with Crippen molar-refractivity contribution in [3.8, 4) is 0 Å². The maximum atomic E-state index is 12.9.